The SMILES string of the molecule is COc1ccc(CNc2cc(N(C(=O)OC(C)(C)C)C(=O)OC(C)(C)C)cc(OC)n2)cc1. The van der Waals surface area contributed by atoms with E-state index in [1.807, 2.05) is 24.3 Å². The lowest BCUT2D eigenvalue weighted by molar-refractivity contribution is 0.0431. The number of carbonyl (C=O) groups is 2. The molecule has 0 unspecified atom stereocenters. The lowest BCUT2D eigenvalue weighted by Gasteiger charge is -2.28. The maximum Gasteiger partial charge on any atom is 0.424 e. The number of nitrogens with zero attached hydrogens (tertiary/aromatic N) is 2. The van der Waals surface area contributed by atoms with E-state index in [9.17, 15) is 9.59 Å². The van der Waals surface area contributed by atoms with Crippen LogP contribution in [0.15, 0.2) is 36.4 Å². The van der Waals surface area contributed by atoms with Gasteiger partial charge in [-0.25, -0.2) is 9.59 Å². The summed E-state index contributed by atoms with van der Waals surface area (Å²) in [4.78, 5) is 31.1. The maximum atomic E-state index is 12.9. The fourth-order valence-corrected chi connectivity index (χ4v) is 2.65. The zero-order valence-electron chi connectivity index (χ0n) is 20.5. The highest BCUT2D eigenvalue weighted by molar-refractivity contribution is 6.09. The van der Waals surface area contributed by atoms with Gasteiger partial charge in [-0.15, -0.1) is 0 Å². The number of hydrogen-bond acceptors (Lipinski definition) is 8. The van der Waals surface area contributed by atoms with Gasteiger partial charge in [-0.1, -0.05) is 12.1 Å². The largest absolute Gasteiger partial charge is 0.497 e. The van der Waals surface area contributed by atoms with Crippen molar-refractivity contribution in [3.8, 4) is 11.6 Å². The molecule has 1 aromatic heterocycles. The molecule has 180 valence electrons. The first kappa shape index (κ1) is 25.8. The van der Waals surface area contributed by atoms with Gasteiger partial charge in [0.15, 0.2) is 0 Å². The Hall–Kier alpha value is -3.49. The predicted molar refractivity (Wildman–Crippen MR) is 126 cm³/mol. The van der Waals surface area contributed by atoms with Crippen LogP contribution in [0.4, 0.5) is 21.1 Å². The smallest absolute Gasteiger partial charge is 0.424 e. The number of pyridine rings is 1. The van der Waals surface area contributed by atoms with Crippen LogP contribution in [0.3, 0.4) is 0 Å². The van der Waals surface area contributed by atoms with Crippen molar-refractivity contribution in [1.82, 2.24) is 4.98 Å². The van der Waals surface area contributed by atoms with E-state index in [-0.39, 0.29) is 11.6 Å². The molecule has 1 heterocycles. The number of aromatic nitrogens is 1. The van der Waals surface area contributed by atoms with Gasteiger partial charge in [0.1, 0.15) is 22.8 Å². The third-order valence-electron chi connectivity index (χ3n) is 4.04. The molecular formula is C24H33N3O6. The average Bonchev–Trinajstić information content (AvgIpc) is 2.70. The Kier molecular flexibility index (Phi) is 8.13. The van der Waals surface area contributed by atoms with Crippen molar-refractivity contribution in [3.63, 3.8) is 0 Å². The van der Waals surface area contributed by atoms with Crippen molar-refractivity contribution >= 4 is 23.7 Å². The number of nitrogens with one attached hydrogen (secondary N) is 1. The van der Waals surface area contributed by atoms with Gasteiger partial charge in [0.05, 0.1) is 19.9 Å². The topological polar surface area (TPSA) is 99.2 Å². The zero-order chi connectivity index (χ0) is 24.8. The van der Waals surface area contributed by atoms with Crippen LogP contribution in [0, 0.1) is 0 Å². The molecule has 9 nitrogen and oxygen atoms in total. The van der Waals surface area contributed by atoms with Crippen molar-refractivity contribution in [2.75, 3.05) is 24.4 Å². The first-order chi connectivity index (χ1) is 15.3. The lowest BCUT2D eigenvalue weighted by atomic mass is 10.2. The molecule has 0 aliphatic carbocycles. The third-order valence-corrected chi connectivity index (χ3v) is 4.04. The number of ether oxygens (including phenoxy) is 4. The number of methoxy groups -OCH3 is 2. The Morgan fingerprint density at radius 1 is 0.879 bits per heavy atom. The van der Waals surface area contributed by atoms with Crippen molar-refractivity contribution in [1.29, 1.82) is 0 Å². The van der Waals surface area contributed by atoms with Gasteiger partial charge < -0.3 is 24.3 Å². The molecule has 2 amide bonds. The summed E-state index contributed by atoms with van der Waals surface area (Å²) in [7, 11) is 3.06. The summed E-state index contributed by atoms with van der Waals surface area (Å²) in [5.41, 5.74) is -0.450. The molecule has 0 aliphatic rings. The van der Waals surface area contributed by atoms with Crippen LogP contribution < -0.4 is 19.7 Å². The van der Waals surface area contributed by atoms with Gasteiger partial charge >= 0.3 is 12.2 Å². The van der Waals surface area contributed by atoms with E-state index in [1.165, 1.54) is 13.2 Å². The fourth-order valence-electron chi connectivity index (χ4n) is 2.65. The Morgan fingerprint density at radius 3 is 1.88 bits per heavy atom. The molecule has 2 aromatic rings. The van der Waals surface area contributed by atoms with Gasteiger partial charge in [0, 0.05) is 18.7 Å². The van der Waals surface area contributed by atoms with Crippen molar-refractivity contribution in [3.05, 3.63) is 42.0 Å². The van der Waals surface area contributed by atoms with Gasteiger partial charge in [0.2, 0.25) is 5.88 Å². The van der Waals surface area contributed by atoms with Crippen LogP contribution in [-0.4, -0.2) is 42.6 Å². The summed E-state index contributed by atoms with van der Waals surface area (Å²) in [5.74, 6) is 1.37. The first-order valence-corrected chi connectivity index (χ1v) is 10.5. The Balaban J connectivity index is 2.37. The van der Waals surface area contributed by atoms with Crippen LogP contribution in [0.25, 0.3) is 0 Å². The summed E-state index contributed by atoms with van der Waals surface area (Å²) in [6, 6.07) is 10.6. The predicted octanol–water partition coefficient (Wildman–Crippen LogP) is 5.39. The van der Waals surface area contributed by atoms with E-state index >= 15 is 0 Å². The van der Waals surface area contributed by atoms with E-state index in [4.69, 9.17) is 18.9 Å². The van der Waals surface area contributed by atoms with Crippen LogP contribution in [-0.2, 0) is 16.0 Å². The standard InChI is InChI=1S/C24H33N3O6/c1-23(2,3)32-21(28)27(22(29)33-24(4,5)6)17-13-19(26-20(14-17)31-8)25-15-16-9-11-18(30-7)12-10-16/h9-14H,15H2,1-8H3,(H,25,26). The first-order valence-electron chi connectivity index (χ1n) is 10.5. The summed E-state index contributed by atoms with van der Waals surface area (Å²) in [6.45, 7) is 10.7. The average molecular weight is 460 g/mol. The number of hydrogen-bond donors (Lipinski definition) is 1. The highest BCUT2D eigenvalue weighted by Crippen LogP contribution is 2.27. The van der Waals surface area contributed by atoms with Gasteiger partial charge in [0.25, 0.3) is 0 Å². The van der Waals surface area contributed by atoms with E-state index in [0.717, 1.165) is 16.2 Å². The minimum atomic E-state index is -0.869. The van der Waals surface area contributed by atoms with E-state index in [0.29, 0.717) is 12.4 Å². The van der Waals surface area contributed by atoms with E-state index in [2.05, 4.69) is 10.3 Å². The molecule has 1 aromatic carbocycles. The highest BCUT2D eigenvalue weighted by Gasteiger charge is 2.33. The molecule has 0 spiro atoms. The molecule has 33 heavy (non-hydrogen) atoms. The molecule has 9 heteroatoms. The molecule has 0 radical (unpaired) electrons. The molecular weight excluding hydrogens is 426 g/mol. The van der Waals surface area contributed by atoms with Gasteiger partial charge in [-0.3, -0.25) is 0 Å². The molecule has 0 fully saturated rings. The van der Waals surface area contributed by atoms with Crippen molar-refractivity contribution in [2.45, 2.75) is 59.3 Å². The Bertz CT molecular complexity index is 934. The van der Waals surface area contributed by atoms with Gasteiger partial charge in [-0.05, 0) is 59.2 Å². The molecule has 2 rings (SSSR count). The van der Waals surface area contributed by atoms with Crippen LogP contribution in [0.2, 0.25) is 0 Å². The molecule has 0 atom stereocenters. The zero-order valence-corrected chi connectivity index (χ0v) is 20.5. The monoisotopic (exact) mass is 459 g/mol. The highest BCUT2D eigenvalue weighted by atomic mass is 16.6. The Morgan fingerprint density at radius 2 is 1.42 bits per heavy atom. The summed E-state index contributed by atoms with van der Waals surface area (Å²) >= 11 is 0. The van der Waals surface area contributed by atoms with Crippen LogP contribution in [0.1, 0.15) is 47.1 Å². The molecule has 0 bridgehead atoms. The van der Waals surface area contributed by atoms with E-state index < -0.39 is 23.4 Å². The number of carbonyl (C=O) groups excluding carboxylic acids is 2. The maximum absolute atomic E-state index is 12.9. The number of benzene rings is 1. The second kappa shape index (κ2) is 10.4. The van der Waals surface area contributed by atoms with Crippen LogP contribution in [0.5, 0.6) is 11.6 Å². The van der Waals surface area contributed by atoms with Crippen molar-refractivity contribution in [2.24, 2.45) is 0 Å². The lowest BCUT2D eigenvalue weighted by Crippen LogP contribution is -2.43. The Labute approximate surface area is 195 Å². The second-order valence-corrected chi connectivity index (χ2v) is 9.25. The quantitative estimate of drug-likeness (QED) is 0.614. The van der Waals surface area contributed by atoms with Crippen molar-refractivity contribution < 1.29 is 28.5 Å². The molecule has 0 aliphatic heterocycles. The van der Waals surface area contributed by atoms with E-state index in [1.54, 1.807) is 54.7 Å². The minimum Gasteiger partial charge on any atom is -0.497 e. The normalized spacial score (nSPS) is 11.4. The van der Waals surface area contributed by atoms with Gasteiger partial charge in [-0.2, -0.15) is 9.88 Å². The number of amides is 2. The second-order valence-electron chi connectivity index (χ2n) is 9.25. The number of rotatable bonds is 6. The third kappa shape index (κ3) is 8.17. The molecule has 0 saturated carbocycles. The molecule has 0 saturated heterocycles. The van der Waals surface area contributed by atoms with Crippen LogP contribution >= 0.6 is 0 Å². The number of imide groups is 1. The summed E-state index contributed by atoms with van der Waals surface area (Å²) in [6.07, 6.45) is -1.74. The summed E-state index contributed by atoms with van der Waals surface area (Å²) in [5, 5.41) is 3.18. The fraction of sp³-hybridized carbons (Fsp3) is 0.458. The minimum absolute atomic E-state index is 0.197. The summed E-state index contributed by atoms with van der Waals surface area (Å²) < 4.78 is 21.4. The number of anilines is 2. The molecule has 1 N–H and O–H groups in total.